The maximum atomic E-state index is 12.1. The lowest BCUT2D eigenvalue weighted by Gasteiger charge is -2.10. The summed E-state index contributed by atoms with van der Waals surface area (Å²) in [6, 6.07) is 5.07. The summed E-state index contributed by atoms with van der Waals surface area (Å²) in [5.41, 5.74) is 6.90. The van der Waals surface area contributed by atoms with Crippen molar-refractivity contribution in [2.45, 2.75) is 6.42 Å². The van der Waals surface area contributed by atoms with Crippen LogP contribution in [0.2, 0.25) is 0 Å². The van der Waals surface area contributed by atoms with E-state index in [1.54, 1.807) is 25.3 Å². The summed E-state index contributed by atoms with van der Waals surface area (Å²) in [4.78, 5) is 16.3. The minimum absolute atomic E-state index is 0.197. The first kappa shape index (κ1) is 15.1. The van der Waals surface area contributed by atoms with Crippen molar-refractivity contribution >= 4 is 22.4 Å². The van der Waals surface area contributed by atoms with Gasteiger partial charge in [-0.3, -0.25) is 4.79 Å². The lowest BCUT2D eigenvalue weighted by atomic mass is 10.1. The SMILES string of the molecule is COc1ccc(C(=O)NCCc2csc(N)n2)c(OC)c1. The van der Waals surface area contributed by atoms with E-state index in [1.165, 1.54) is 18.4 Å². The van der Waals surface area contributed by atoms with E-state index in [0.29, 0.717) is 35.2 Å². The fraction of sp³-hybridized carbons (Fsp3) is 0.286. The molecule has 0 bridgehead atoms. The average molecular weight is 307 g/mol. The molecule has 2 aromatic rings. The Kier molecular flexibility index (Phi) is 4.99. The molecule has 0 fully saturated rings. The van der Waals surface area contributed by atoms with Crippen molar-refractivity contribution in [3.63, 3.8) is 0 Å². The van der Waals surface area contributed by atoms with Gasteiger partial charge < -0.3 is 20.5 Å². The third-order valence-electron chi connectivity index (χ3n) is 2.89. The van der Waals surface area contributed by atoms with E-state index in [-0.39, 0.29) is 5.91 Å². The van der Waals surface area contributed by atoms with E-state index in [4.69, 9.17) is 15.2 Å². The van der Waals surface area contributed by atoms with Crippen LogP contribution in [0, 0.1) is 0 Å². The molecule has 3 N–H and O–H groups in total. The zero-order chi connectivity index (χ0) is 15.2. The predicted octanol–water partition coefficient (Wildman–Crippen LogP) is 1.71. The quantitative estimate of drug-likeness (QED) is 0.848. The summed E-state index contributed by atoms with van der Waals surface area (Å²) in [6.07, 6.45) is 0.637. The normalized spacial score (nSPS) is 10.2. The third-order valence-corrected chi connectivity index (χ3v) is 3.61. The molecular formula is C14H17N3O3S. The molecule has 0 radical (unpaired) electrons. The maximum absolute atomic E-state index is 12.1. The standard InChI is InChI=1S/C14H17N3O3S/c1-19-10-3-4-11(12(7-10)20-2)13(18)16-6-5-9-8-21-14(15)17-9/h3-4,7-8H,5-6H2,1-2H3,(H2,15,17)(H,16,18). The van der Waals surface area contributed by atoms with Crippen molar-refractivity contribution in [2.75, 3.05) is 26.5 Å². The van der Waals surface area contributed by atoms with Gasteiger partial charge in [0.1, 0.15) is 11.5 Å². The van der Waals surface area contributed by atoms with Gasteiger partial charge in [0.25, 0.3) is 5.91 Å². The van der Waals surface area contributed by atoms with Crippen LogP contribution in [0.1, 0.15) is 16.1 Å². The Morgan fingerprint density at radius 2 is 2.19 bits per heavy atom. The highest BCUT2D eigenvalue weighted by Crippen LogP contribution is 2.24. The van der Waals surface area contributed by atoms with Gasteiger partial charge in [-0.05, 0) is 12.1 Å². The molecule has 1 aromatic carbocycles. The number of rotatable bonds is 6. The molecule has 0 aliphatic heterocycles. The molecule has 6 nitrogen and oxygen atoms in total. The number of hydrogen-bond acceptors (Lipinski definition) is 6. The number of benzene rings is 1. The third kappa shape index (κ3) is 3.85. The maximum Gasteiger partial charge on any atom is 0.255 e. The largest absolute Gasteiger partial charge is 0.497 e. The van der Waals surface area contributed by atoms with Gasteiger partial charge in [0.05, 0.1) is 25.5 Å². The molecule has 0 aliphatic carbocycles. The number of ether oxygens (including phenoxy) is 2. The molecule has 7 heteroatoms. The van der Waals surface area contributed by atoms with Gasteiger partial charge in [-0.2, -0.15) is 0 Å². The van der Waals surface area contributed by atoms with Gasteiger partial charge >= 0.3 is 0 Å². The van der Waals surface area contributed by atoms with E-state index in [2.05, 4.69) is 10.3 Å². The number of anilines is 1. The number of nitrogens with zero attached hydrogens (tertiary/aromatic N) is 1. The molecule has 1 amide bonds. The molecule has 1 heterocycles. The van der Waals surface area contributed by atoms with Gasteiger partial charge in [-0.1, -0.05) is 0 Å². The molecule has 0 aliphatic rings. The van der Waals surface area contributed by atoms with E-state index in [9.17, 15) is 4.79 Å². The lowest BCUT2D eigenvalue weighted by molar-refractivity contribution is 0.0951. The van der Waals surface area contributed by atoms with Crippen LogP contribution in [0.4, 0.5) is 5.13 Å². The van der Waals surface area contributed by atoms with Crippen LogP contribution in [0.15, 0.2) is 23.6 Å². The molecule has 0 saturated carbocycles. The molecule has 112 valence electrons. The Labute approximate surface area is 126 Å². The fourth-order valence-electron chi connectivity index (χ4n) is 1.82. The number of carbonyl (C=O) groups is 1. The number of methoxy groups -OCH3 is 2. The number of amides is 1. The Balaban J connectivity index is 1.96. The minimum atomic E-state index is -0.197. The first-order valence-corrected chi connectivity index (χ1v) is 7.22. The Bertz CT molecular complexity index is 628. The number of nitrogens with one attached hydrogen (secondary N) is 1. The van der Waals surface area contributed by atoms with Crippen molar-refractivity contribution in [1.82, 2.24) is 10.3 Å². The number of carbonyl (C=O) groups excluding carboxylic acids is 1. The van der Waals surface area contributed by atoms with Crippen LogP contribution in [0.3, 0.4) is 0 Å². The number of aromatic nitrogens is 1. The molecule has 21 heavy (non-hydrogen) atoms. The van der Waals surface area contributed by atoms with Crippen LogP contribution >= 0.6 is 11.3 Å². The topological polar surface area (TPSA) is 86.5 Å². The number of nitrogen functional groups attached to an aromatic ring is 1. The van der Waals surface area contributed by atoms with Crippen molar-refractivity contribution in [2.24, 2.45) is 0 Å². The Hall–Kier alpha value is -2.28. The van der Waals surface area contributed by atoms with E-state index in [1.807, 2.05) is 5.38 Å². The Morgan fingerprint density at radius 1 is 1.38 bits per heavy atom. The van der Waals surface area contributed by atoms with Crippen LogP contribution in [0.5, 0.6) is 11.5 Å². The van der Waals surface area contributed by atoms with E-state index < -0.39 is 0 Å². The second-order valence-electron chi connectivity index (χ2n) is 4.25. The lowest BCUT2D eigenvalue weighted by Crippen LogP contribution is -2.26. The van der Waals surface area contributed by atoms with Crippen LogP contribution in [-0.4, -0.2) is 31.7 Å². The van der Waals surface area contributed by atoms with Crippen LogP contribution in [-0.2, 0) is 6.42 Å². The summed E-state index contributed by atoms with van der Waals surface area (Å²) in [5.74, 6) is 0.920. The van der Waals surface area contributed by atoms with Gasteiger partial charge in [0.15, 0.2) is 5.13 Å². The van der Waals surface area contributed by atoms with Crippen LogP contribution in [0.25, 0.3) is 0 Å². The molecule has 0 saturated heterocycles. The van der Waals surface area contributed by atoms with E-state index in [0.717, 1.165) is 5.69 Å². The Morgan fingerprint density at radius 3 is 2.81 bits per heavy atom. The van der Waals surface area contributed by atoms with Crippen LogP contribution < -0.4 is 20.5 Å². The summed E-state index contributed by atoms with van der Waals surface area (Å²) < 4.78 is 10.3. The summed E-state index contributed by atoms with van der Waals surface area (Å²) in [7, 11) is 3.08. The molecule has 0 atom stereocenters. The number of nitrogens with two attached hydrogens (primary N) is 1. The first-order valence-electron chi connectivity index (χ1n) is 6.34. The smallest absolute Gasteiger partial charge is 0.255 e. The van der Waals surface area contributed by atoms with Gasteiger partial charge in [0, 0.05) is 24.4 Å². The molecule has 2 rings (SSSR count). The number of hydrogen-bond donors (Lipinski definition) is 2. The highest BCUT2D eigenvalue weighted by Gasteiger charge is 2.13. The second-order valence-corrected chi connectivity index (χ2v) is 5.14. The molecule has 1 aromatic heterocycles. The predicted molar refractivity (Wildman–Crippen MR) is 82.1 cm³/mol. The van der Waals surface area contributed by atoms with Crippen molar-refractivity contribution in [3.8, 4) is 11.5 Å². The van der Waals surface area contributed by atoms with Crippen molar-refractivity contribution in [3.05, 3.63) is 34.8 Å². The monoisotopic (exact) mass is 307 g/mol. The highest BCUT2D eigenvalue weighted by atomic mass is 32.1. The van der Waals surface area contributed by atoms with Crippen molar-refractivity contribution < 1.29 is 14.3 Å². The summed E-state index contributed by atoms with van der Waals surface area (Å²) in [6.45, 7) is 0.483. The van der Waals surface area contributed by atoms with Gasteiger partial charge in [-0.15, -0.1) is 11.3 Å². The molecule has 0 spiro atoms. The summed E-state index contributed by atoms with van der Waals surface area (Å²) in [5, 5.41) is 5.25. The number of thiazole rings is 1. The zero-order valence-corrected chi connectivity index (χ0v) is 12.7. The van der Waals surface area contributed by atoms with Crippen molar-refractivity contribution in [1.29, 1.82) is 0 Å². The summed E-state index contributed by atoms with van der Waals surface area (Å²) >= 11 is 1.39. The van der Waals surface area contributed by atoms with E-state index >= 15 is 0 Å². The zero-order valence-electron chi connectivity index (χ0n) is 11.9. The minimum Gasteiger partial charge on any atom is -0.497 e. The first-order chi connectivity index (χ1) is 10.1. The molecule has 0 unspecified atom stereocenters. The average Bonchev–Trinajstić information content (AvgIpc) is 2.91. The van der Waals surface area contributed by atoms with Gasteiger partial charge in [-0.25, -0.2) is 4.98 Å². The van der Waals surface area contributed by atoms with Gasteiger partial charge in [0.2, 0.25) is 0 Å². The molecular weight excluding hydrogens is 290 g/mol. The fourth-order valence-corrected chi connectivity index (χ4v) is 2.42. The highest BCUT2D eigenvalue weighted by molar-refractivity contribution is 7.13. The second kappa shape index (κ2) is 6.94.